The molecule has 0 unspecified atom stereocenters. The van der Waals surface area contributed by atoms with Crippen LogP contribution in [0.15, 0.2) is 4.90 Å². The molecule has 0 saturated carbocycles. The molecular formula is C9ClF8NO4S2. The lowest BCUT2D eigenvalue weighted by Gasteiger charge is -2.24. The van der Waals surface area contributed by atoms with E-state index in [9.17, 15) is 52.0 Å². The monoisotopic (exact) mass is 437 g/mol. The lowest BCUT2D eigenvalue weighted by atomic mass is 10.2. The zero-order valence-corrected chi connectivity index (χ0v) is 13.2. The van der Waals surface area contributed by atoms with Gasteiger partial charge in [0, 0.05) is 10.7 Å². The van der Waals surface area contributed by atoms with Crippen LogP contribution in [0.3, 0.4) is 0 Å². The molecule has 16 heteroatoms. The van der Waals surface area contributed by atoms with Crippen molar-refractivity contribution in [3.8, 4) is 6.07 Å². The van der Waals surface area contributed by atoms with Gasteiger partial charge in [-0.25, -0.2) is 34.4 Å². The average molecular weight is 438 g/mol. The predicted molar refractivity (Wildman–Crippen MR) is 62.8 cm³/mol. The number of nitriles is 1. The predicted octanol–water partition coefficient (Wildman–Crippen LogP) is 2.64. The molecule has 0 aromatic heterocycles. The average Bonchev–Trinajstić information content (AvgIpc) is 2.44. The molecule has 0 aliphatic heterocycles. The molecule has 5 nitrogen and oxygen atoms in total. The van der Waals surface area contributed by atoms with Crippen molar-refractivity contribution in [3.63, 3.8) is 0 Å². The molecule has 0 aliphatic carbocycles. The van der Waals surface area contributed by atoms with E-state index in [1.54, 1.807) is 0 Å². The first-order valence-electron chi connectivity index (χ1n) is 5.17. The Balaban J connectivity index is 4.00. The van der Waals surface area contributed by atoms with Crippen LogP contribution in [0, 0.1) is 34.6 Å². The molecule has 0 atom stereocenters. The number of nitrogens with zero attached hydrogens (tertiary/aromatic N) is 1. The highest BCUT2D eigenvalue weighted by Crippen LogP contribution is 2.48. The van der Waals surface area contributed by atoms with Crippen LogP contribution in [-0.4, -0.2) is 27.3 Å². The molecule has 0 fully saturated rings. The third-order valence-corrected chi connectivity index (χ3v) is 5.99. The number of hydrogen-bond donors (Lipinski definition) is 0. The van der Waals surface area contributed by atoms with E-state index < -0.39 is 63.1 Å². The Bertz CT molecular complexity index is 970. The highest BCUT2D eigenvalue weighted by atomic mass is 35.7. The van der Waals surface area contributed by atoms with Crippen LogP contribution >= 0.6 is 10.7 Å². The van der Waals surface area contributed by atoms with E-state index in [-0.39, 0.29) is 0 Å². The van der Waals surface area contributed by atoms with Gasteiger partial charge in [-0.05, 0) is 0 Å². The van der Waals surface area contributed by atoms with E-state index in [0.29, 0.717) is 6.07 Å². The van der Waals surface area contributed by atoms with Gasteiger partial charge in [-0.1, -0.05) is 0 Å². The maximum absolute atomic E-state index is 13.5. The first-order valence-corrected chi connectivity index (χ1v) is 8.96. The third kappa shape index (κ3) is 2.81. The van der Waals surface area contributed by atoms with Gasteiger partial charge in [0.2, 0.25) is 0 Å². The second-order valence-electron chi connectivity index (χ2n) is 4.05. The standard InChI is InChI=1S/C9ClF8NO4S2/c10-25(22,23)9(17,18)8(15,16)24(20,21)7-5(13)3(11)2(1-19)4(12)6(7)14. The maximum Gasteiger partial charge on any atom is 0.436 e. The quantitative estimate of drug-likeness (QED) is 0.410. The summed E-state index contributed by atoms with van der Waals surface area (Å²) in [6.45, 7) is 0. The second-order valence-corrected chi connectivity index (χ2v) is 8.58. The molecule has 0 spiro atoms. The Kier molecular flexibility index (Phi) is 5.09. The van der Waals surface area contributed by atoms with Crippen molar-refractivity contribution >= 4 is 29.6 Å². The van der Waals surface area contributed by atoms with Crippen LogP contribution in [0.2, 0.25) is 0 Å². The first kappa shape index (κ1) is 21.4. The lowest BCUT2D eigenvalue weighted by molar-refractivity contribution is -0.0954. The van der Waals surface area contributed by atoms with Crippen LogP contribution in [-0.2, 0) is 18.9 Å². The number of rotatable bonds is 4. The maximum atomic E-state index is 13.5. The smallest absolute Gasteiger partial charge is 0.217 e. The summed E-state index contributed by atoms with van der Waals surface area (Å²) in [6.07, 6.45) is 0. The van der Waals surface area contributed by atoms with E-state index >= 15 is 0 Å². The van der Waals surface area contributed by atoms with E-state index in [1.165, 1.54) is 0 Å². The molecule has 0 heterocycles. The number of halogens is 9. The highest BCUT2D eigenvalue weighted by molar-refractivity contribution is 8.15. The Morgan fingerprint density at radius 2 is 1.16 bits per heavy atom. The largest absolute Gasteiger partial charge is 0.436 e. The van der Waals surface area contributed by atoms with Crippen molar-refractivity contribution in [3.05, 3.63) is 28.8 Å². The highest BCUT2D eigenvalue weighted by Gasteiger charge is 2.74. The topological polar surface area (TPSA) is 92.1 Å². The van der Waals surface area contributed by atoms with Gasteiger partial charge in [-0.2, -0.15) is 22.8 Å². The molecule has 1 rings (SSSR count). The number of benzene rings is 1. The van der Waals surface area contributed by atoms with E-state index in [1.807, 2.05) is 0 Å². The zero-order chi connectivity index (χ0) is 20.2. The lowest BCUT2D eigenvalue weighted by Crippen LogP contribution is -2.50. The van der Waals surface area contributed by atoms with Crippen LogP contribution in [0.25, 0.3) is 0 Å². The van der Waals surface area contributed by atoms with Crippen molar-refractivity contribution < 1.29 is 52.0 Å². The molecule has 25 heavy (non-hydrogen) atoms. The van der Waals surface area contributed by atoms with Gasteiger partial charge in [0.05, 0.1) is 0 Å². The third-order valence-electron chi connectivity index (χ3n) is 2.59. The molecule has 1 aromatic rings. The first-order chi connectivity index (χ1) is 11.0. The molecule has 0 radical (unpaired) electrons. The van der Waals surface area contributed by atoms with E-state index in [0.717, 1.165) is 0 Å². The van der Waals surface area contributed by atoms with Crippen LogP contribution in [0.4, 0.5) is 35.1 Å². The Morgan fingerprint density at radius 3 is 1.44 bits per heavy atom. The SMILES string of the molecule is N#Cc1c(F)c(F)c(S(=O)(=O)C(F)(F)C(F)(F)S(=O)(=O)Cl)c(F)c1F. The summed E-state index contributed by atoms with van der Waals surface area (Å²) in [5, 5.41) is -5.22. The summed E-state index contributed by atoms with van der Waals surface area (Å²) in [4.78, 5) is -3.24. The molecule has 0 saturated heterocycles. The minimum atomic E-state index is -7.40. The fourth-order valence-electron chi connectivity index (χ4n) is 1.37. The Hall–Kier alpha value is -1.66. The Morgan fingerprint density at radius 1 is 0.800 bits per heavy atom. The van der Waals surface area contributed by atoms with Gasteiger partial charge in [0.1, 0.15) is 11.6 Å². The minimum absolute atomic E-state index is 0.540. The summed E-state index contributed by atoms with van der Waals surface area (Å²) in [5.74, 6) is -11.9. The van der Waals surface area contributed by atoms with Crippen molar-refractivity contribution in [1.82, 2.24) is 0 Å². The summed E-state index contributed by atoms with van der Waals surface area (Å²) in [7, 11) is -10.1. The van der Waals surface area contributed by atoms with Crippen molar-refractivity contribution in [2.75, 3.05) is 0 Å². The summed E-state index contributed by atoms with van der Waals surface area (Å²) in [5.41, 5.74) is -2.08. The van der Waals surface area contributed by atoms with Gasteiger partial charge in [-0.3, -0.25) is 0 Å². The van der Waals surface area contributed by atoms with Gasteiger partial charge in [0.15, 0.2) is 28.2 Å². The molecule has 0 bridgehead atoms. The van der Waals surface area contributed by atoms with Gasteiger partial charge < -0.3 is 0 Å². The number of alkyl halides is 4. The normalized spacial score (nSPS) is 13.6. The minimum Gasteiger partial charge on any atom is -0.217 e. The van der Waals surface area contributed by atoms with Gasteiger partial charge in [0.25, 0.3) is 9.84 Å². The number of sulfone groups is 1. The van der Waals surface area contributed by atoms with E-state index in [4.69, 9.17) is 5.26 Å². The van der Waals surface area contributed by atoms with Crippen LogP contribution in [0.1, 0.15) is 5.56 Å². The molecular weight excluding hydrogens is 438 g/mol. The molecule has 0 N–H and O–H groups in total. The molecule has 140 valence electrons. The van der Waals surface area contributed by atoms with Crippen molar-refractivity contribution in [2.24, 2.45) is 0 Å². The van der Waals surface area contributed by atoms with Crippen molar-refractivity contribution in [1.29, 1.82) is 5.26 Å². The van der Waals surface area contributed by atoms with Crippen LogP contribution < -0.4 is 0 Å². The molecule has 0 amide bonds. The fraction of sp³-hybridized carbons (Fsp3) is 0.222. The zero-order valence-electron chi connectivity index (χ0n) is 10.8. The summed E-state index contributed by atoms with van der Waals surface area (Å²) >= 11 is 0. The Labute approximate surface area is 137 Å². The van der Waals surface area contributed by atoms with Gasteiger partial charge >= 0.3 is 19.6 Å². The fourth-order valence-corrected chi connectivity index (χ4v) is 3.96. The molecule has 1 aromatic carbocycles. The van der Waals surface area contributed by atoms with Gasteiger partial charge in [-0.15, -0.1) is 0 Å². The molecule has 0 aliphatic rings. The number of hydrogen-bond acceptors (Lipinski definition) is 5. The van der Waals surface area contributed by atoms with E-state index in [2.05, 4.69) is 10.7 Å². The summed E-state index contributed by atoms with van der Waals surface area (Å²) in [6, 6.07) is 0.540. The van der Waals surface area contributed by atoms with Crippen molar-refractivity contribution in [2.45, 2.75) is 15.4 Å². The summed E-state index contributed by atoms with van der Waals surface area (Å²) < 4.78 is 151. The van der Waals surface area contributed by atoms with Crippen LogP contribution in [0.5, 0.6) is 0 Å². The second kappa shape index (κ2) is 5.95.